The Morgan fingerprint density at radius 3 is 2.77 bits per heavy atom. The van der Waals surface area contributed by atoms with Gasteiger partial charge in [-0.25, -0.2) is 14.5 Å². The average Bonchev–Trinajstić information content (AvgIpc) is 3.56. The van der Waals surface area contributed by atoms with E-state index in [2.05, 4.69) is 30.1 Å². The molecule has 5 aromatic rings. The largest absolute Gasteiger partial charge is 0.493 e. The molecule has 4 aromatic heterocycles. The standard InChI is InChI=1S/C22H18F2N8O3/c1-10-15-16(12-7-26-31(2)8-12)17-19-27-18(11-4-5-13(34-22(23)24)14(6-11)33-3)30-32(19)9-25-20(17)35-21(15)29-28-10/h4-9,16,22H,1-3H3,(H,28,29)/t16-/m0/s1. The molecule has 0 radical (unpaired) electrons. The van der Waals surface area contributed by atoms with E-state index < -0.39 is 6.61 Å². The number of ether oxygens (including phenoxy) is 3. The first-order valence-corrected chi connectivity index (χ1v) is 10.5. The Kier molecular flexibility index (Phi) is 4.65. The number of hydrogen-bond acceptors (Lipinski definition) is 8. The van der Waals surface area contributed by atoms with E-state index in [9.17, 15) is 8.78 Å². The molecule has 0 aliphatic carbocycles. The summed E-state index contributed by atoms with van der Waals surface area (Å²) in [4.78, 5) is 9.22. The summed E-state index contributed by atoms with van der Waals surface area (Å²) in [7, 11) is 3.21. The number of aryl methyl sites for hydroxylation is 2. The van der Waals surface area contributed by atoms with E-state index in [1.807, 2.05) is 20.2 Å². The van der Waals surface area contributed by atoms with Gasteiger partial charge in [-0.1, -0.05) is 0 Å². The summed E-state index contributed by atoms with van der Waals surface area (Å²) in [5.41, 5.74) is 4.41. The molecule has 35 heavy (non-hydrogen) atoms. The van der Waals surface area contributed by atoms with Gasteiger partial charge in [0.2, 0.25) is 11.8 Å². The third-order valence-corrected chi connectivity index (χ3v) is 5.81. The number of fused-ring (bicyclic) bond motifs is 4. The number of aromatic amines is 1. The summed E-state index contributed by atoms with van der Waals surface area (Å²) in [5.74, 6) is 0.911. The molecule has 0 amide bonds. The van der Waals surface area contributed by atoms with Crippen LogP contribution in [0.4, 0.5) is 8.78 Å². The molecule has 6 rings (SSSR count). The molecule has 1 aliphatic rings. The predicted octanol–water partition coefficient (Wildman–Crippen LogP) is 3.45. The topological polar surface area (TPSA) is 117 Å². The first-order chi connectivity index (χ1) is 16.9. The van der Waals surface area contributed by atoms with Crippen molar-refractivity contribution in [1.82, 2.24) is 39.6 Å². The zero-order chi connectivity index (χ0) is 24.3. The van der Waals surface area contributed by atoms with Crippen LogP contribution >= 0.6 is 0 Å². The second kappa shape index (κ2) is 7.75. The van der Waals surface area contributed by atoms with Crippen LogP contribution in [0.5, 0.6) is 23.3 Å². The predicted molar refractivity (Wildman–Crippen MR) is 117 cm³/mol. The van der Waals surface area contributed by atoms with Crippen molar-refractivity contribution in [3.05, 3.63) is 59.3 Å². The van der Waals surface area contributed by atoms with E-state index in [0.717, 1.165) is 16.8 Å². The third kappa shape index (κ3) is 3.34. The van der Waals surface area contributed by atoms with Crippen LogP contribution in [-0.2, 0) is 7.05 Å². The SMILES string of the molecule is COc1cc(-c2nc3c4c(ncn3n2)Oc2n[nH]c(C)c2[C@@H]4c2cnn(C)c2)ccc1OC(F)F. The van der Waals surface area contributed by atoms with Gasteiger partial charge >= 0.3 is 6.61 Å². The van der Waals surface area contributed by atoms with E-state index >= 15 is 0 Å². The van der Waals surface area contributed by atoms with Crippen molar-refractivity contribution in [1.29, 1.82) is 0 Å². The van der Waals surface area contributed by atoms with Crippen LogP contribution in [0.2, 0.25) is 0 Å². The Morgan fingerprint density at radius 1 is 1.17 bits per heavy atom. The highest BCUT2D eigenvalue weighted by atomic mass is 19.3. The fourth-order valence-electron chi connectivity index (χ4n) is 4.31. The maximum absolute atomic E-state index is 12.7. The minimum atomic E-state index is -2.97. The number of aromatic nitrogens is 8. The van der Waals surface area contributed by atoms with Crippen molar-refractivity contribution < 1.29 is 23.0 Å². The van der Waals surface area contributed by atoms with Gasteiger partial charge < -0.3 is 14.2 Å². The number of alkyl halides is 2. The quantitative estimate of drug-likeness (QED) is 0.399. The summed E-state index contributed by atoms with van der Waals surface area (Å²) in [6.07, 6.45) is 5.20. The molecule has 0 saturated heterocycles. The van der Waals surface area contributed by atoms with E-state index in [-0.39, 0.29) is 17.4 Å². The van der Waals surface area contributed by atoms with E-state index in [4.69, 9.17) is 14.5 Å². The number of hydrogen-bond donors (Lipinski definition) is 1. The fraction of sp³-hybridized carbons (Fsp3) is 0.227. The zero-order valence-corrected chi connectivity index (χ0v) is 18.7. The van der Waals surface area contributed by atoms with Crippen molar-refractivity contribution in [3.63, 3.8) is 0 Å². The number of nitrogens with one attached hydrogen (secondary N) is 1. The Labute approximate surface area is 196 Å². The number of rotatable bonds is 5. The molecule has 11 nitrogen and oxygen atoms in total. The molecule has 178 valence electrons. The lowest BCUT2D eigenvalue weighted by atomic mass is 9.86. The number of benzene rings is 1. The Hall–Kier alpha value is -4.55. The highest BCUT2D eigenvalue weighted by molar-refractivity contribution is 5.69. The van der Waals surface area contributed by atoms with E-state index in [1.165, 1.54) is 19.5 Å². The molecular weight excluding hydrogens is 462 g/mol. The van der Waals surface area contributed by atoms with Crippen LogP contribution in [0.15, 0.2) is 36.9 Å². The summed E-state index contributed by atoms with van der Waals surface area (Å²) in [5, 5.41) is 16.2. The summed E-state index contributed by atoms with van der Waals surface area (Å²) in [6, 6.07) is 4.52. The molecule has 13 heteroatoms. The second-order valence-corrected chi connectivity index (χ2v) is 7.96. The van der Waals surface area contributed by atoms with Gasteiger partial charge in [0.1, 0.15) is 6.33 Å². The van der Waals surface area contributed by atoms with Crippen molar-refractivity contribution >= 4 is 5.65 Å². The molecule has 0 spiro atoms. The van der Waals surface area contributed by atoms with Gasteiger partial charge in [-0.05, 0) is 25.1 Å². The van der Waals surface area contributed by atoms with Crippen molar-refractivity contribution in [2.45, 2.75) is 19.5 Å². The Morgan fingerprint density at radius 2 is 2.03 bits per heavy atom. The first kappa shape index (κ1) is 21.0. The highest BCUT2D eigenvalue weighted by Gasteiger charge is 2.37. The molecule has 5 heterocycles. The summed E-state index contributed by atoms with van der Waals surface area (Å²) < 4.78 is 44.4. The van der Waals surface area contributed by atoms with Gasteiger partial charge in [0, 0.05) is 35.6 Å². The van der Waals surface area contributed by atoms with Crippen LogP contribution in [-0.4, -0.2) is 53.3 Å². The molecule has 1 aliphatic heterocycles. The number of nitrogens with zero attached hydrogens (tertiary/aromatic N) is 7. The maximum Gasteiger partial charge on any atom is 0.387 e. The smallest absolute Gasteiger partial charge is 0.387 e. The molecule has 0 bridgehead atoms. The number of H-pyrrole nitrogens is 1. The molecule has 0 unspecified atom stereocenters. The molecular formula is C22H18F2N8O3. The molecule has 1 aromatic carbocycles. The van der Waals surface area contributed by atoms with E-state index in [0.29, 0.717) is 34.4 Å². The van der Waals surface area contributed by atoms with Crippen LogP contribution < -0.4 is 14.2 Å². The lowest BCUT2D eigenvalue weighted by Gasteiger charge is -2.24. The molecule has 0 fully saturated rings. The highest BCUT2D eigenvalue weighted by Crippen LogP contribution is 2.48. The fourth-order valence-corrected chi connectivity index (χ4v) is 4.31. The maximum atomic E-state index is 12.7. The average molecular weight is 480 g/mol. The van der Waals surface area contributed by atoms with Crippen LogP contribution in [0.3, 0.4) is 0 Å². The van der Waals surface area contributed by atoms with Gasteiger partial charge in [0.25, 0.3) is 0 Å². The van der Waals surface area contributed by atoms with Crippen LogP contribution in [0, 0.1) is 6.92 Å². The van der Waals surface area contributed by atoms with Crippen LogP contribution in [0.25, 0.3) is 17.0 Å². The Balaban J connectivity index is 1.52. The first-order valence-electron chi connectivity index (χ1n) is 10.5. The van der Waals surface area contributed by atoms with Crippen molar-refractivity contribution in [3.8, 4) is 34.6 Å². The molecule has 0 saturated carbocycles. The molecule has 1 atom stereocenters. The van der Waals surface area contributed by atoms with Crippen molar-refractivity contribution in [2.24, 2.45) is 7.05 Å². The van der Waals surface area contributed by atoms with Gasteiger partial charge in [0.05, 0.1) is 24.8 Å². The van der Waals surface area contributed by atoms with Gasteiger partial charge in [-0.2, -0.15) is 13.9 Å². The number of methoxy groups -OCH3 is 1. The summed E-state index contributed by atoms with van der Waals surface area (Å²) in [6.45, 7) is -1.05. The lowest BCUT2D eigenvalue weighted by molar-refractivity contribution is -0.0512. The monoisotopic (exact) mass is 480 g/mol. The molecule has 1 N–H and O–H groups in total. The van der Waals surface area contributed by atoms with Gasteiger partial charge in [-0.3, -0.25) is 9.78 Å². The second-order valence-electron chi connectivity index (χ2n) is 7.96. The van der Waals surface area contributed by atoms with E-state index in [1.54, 1.807) is 27.5 Å². The minimum Gasteiger partial charge on any atom is -0.493 e. The van der Waals surface area contributed by atoms with Crippen LogP contribution in [0.1, 0.15) is 28.3 Å². The Bertz CT molecular complexity index is 1570. The minimum absolute atomic E-state index is 0.0814. The van der Waals surface area contributed by atoms with Gasteiger partial charge in [-0.15, -0.1) is 10.2 Å². The summed E-state index contributed by atoms with van der Waals surface area (Å²) >= 11 is 0. The third-order valence-electron chi connectivity index (χ3n) is 5.81. The number of halogens is 2. The normalized spacial score (nSPS) is 14.6. The lowest BCUT2D eigenvalue weighted by Crippen LogP contribution is -2.14. The zero-order valence-electron chi connectivity index (χ0n) is 18.7. The van der Waals surface area contributed by atoms with Gasteiger partial charge in [0.15, 0.2) is 23.0 Å². The van der Waals surface area contributed by atoms with Crippen molar-refractivity contribution in [2.75, 3.05) is 7.11 Å².